The number of halogens is 1. The van der Waals surface area contributed by atoms with Gasteiger partial charge in [-0.3, -0.25) is 10.8 Å². The van der Waals surface area contributed by atoms with Crippen molar-refractivity contribution in [1.82, 2.24) is 0 Å². The summed E-state index contributed by atoms with van der Waals surface area (Å²) in [5.74, 6) is -2.57. The second-order valence-corrected chi connectivity index (χ2v) is 6.62. The fourth-order valence-corrected chi connectivity index (χ4v) is 3.50. The van der Waals surface area contributed by atoms with Crippen LogP contribution in [-0.2, 0) is 11.2 Å². The van der Waals surface area contributed by atoms with Gasteiger partial charge in [-0.1, -0.05) is 54.1 Å². The number of nitrogens with one attached hydrogen (secondary N) is 3. The Hall–Kier alpha value is -2.97. The van der Waals surface area contributed by atoms with Gasteiger partial charge in [0.25, 0.3) is 0 Å². The van der Waals surface area contributed by atoms with Crippen molar-refractivity contribution in [3.63, 3.8) is 0 Å². The zero-order valence-electron chi connectivity index (χ0n) is 13.9. The highest BCUT2D eigenvalue weighted by atomic mass is 35.5. The Morgan fingerprint density at radius 1 is 1.08 bits per heavy atom. The van der Waals surface area contributed by atoms with E-state index in [9.17, 15) is 5.26 Å². The van der Waals surface area contributed by atoms with Gasteiger partial charge < -0.3 is 10.1 Å². The molecule has 1 saturated heterocycles. The lowest BCUT2D eigenvalue weighted by atomic mass is 9.72. The molecule has 3 unspecified atom stereocenters. The Balaban J connectivity index is 2.01. The molecule has 0 aliphatic carbocycles. The van der Waals surface area contributed by atoms with E-state index in [1.54, 1.807) is 18.2 Å². The third-order valence-corrected chi connectivity index (χ3v) is 4.72. The smallest absolute Gasteiger partial charge is 0.207 e. The molecule has 0 spiro atoms. The molecule has 1 fully saturated rings. The van der Waals surface area contributed by atoms with Crippen LogP contribution in [0.3, 0.4) is 0 Å². The minimum Gasteiger partial charge on any atom is -0.428 e. The first-order chi connectivity index (χ1) is 12.5. The molecule has 3 N–H and O–H groups in total. The van der Waals surface area contributed by atoms with E-state index in [1.807, 2.05) is 36.4 Å². The number of nitriles is 1. The summed E-state index contributed by atoms with van der Waals surface area (Å²) in [5.41, 5.74) is 1.95. The zero-order chi connectivity index (χ0) is 18.7. The average molecular weight is 365 g/mol. The molecular formula is C20H17ClN4O. The van der Waals surface area contributed by atoms with Gasteiger partial charge in [0.15, 0.2) is 5.90 Å². The Labute approximate surface area is 156 Å². The molecule has 130 valence electrons. The minimum atomic E-state index is -0.872. The molecule has 1 aliphatic rings. The van der Waals surface area contributed by atoms with Crippen LogP contribution in [-0.4, -0.2) is 17.5 Å². The van der Waals surface area contributed by atoms with Crippen LogP contribution in [0.5, 0.6) is 0 Å². The molecule has 0 saturated carbocycles. The van der Waals surface area contributed by atoms with E-state index in [4.69, 9.17) is 32.6 Å². The molecule has 0 aromatic heterocycles. The highest BCUT2D eigenvalue weighted by Gasteiger charge is 2.45. The highest BCUT2D eigenvalue weighted by molar-refractivity contribution is 6.30. The molecule has 0 bridgehead atoms. The van der Waals surface area contributed by atoms with Crippen molar-refractivity contribution in [2.45, 2.75) is 12.3 Å². The van der Waals surface area contributed by atoms with Crippen LogP contribution < -0.4 is 0 Å². The normalized spacial score (nSPS) is 22.4. The van der Waals surface area contributed by atoms with E-state index in [2.05, 4.69) is 6.07 Å². The predicted molar refractivity (Wildman–Crippen MR) is 101 cm³/mol. The molecule has 26 heavy (non-hydrogen) atoms. The van der Waals surface area contributed by atoms with Gasteiger partial charge in [-0.05, 0) is 23.3 Å². The average Bonchev–Trinajstić information content (AvgIpc) is 2.61. The summed E-state index contributed by atoms with van der Waals surface area (Å²) in [4.78, 5) is 0. The fraction of sp³-hybridized carbons (Fsp3) is 0.200. The maximum absolute atomic E-state index is 9.59. The highest BCUT2D eigenvalue weighted by Crippen LogP contribution is 2.39. The van der Waals surface area contributed by atoms with E-state index < -0.39 is 17.8 Å². The van der Waals surface area contributed by atoms with Gasteiger partial charge in [0, 0.05) is 23.1 Å². The maximum atomic E-state index is 9.59. The van der Waals surface area contributed by atoms with E-state index in [1.165, 1.54) is 0 Å². The molecular weight excluding hydrogens is 348 g/mol. The third-order valence-electron chi connectivity index (χ3n) is 4.49. The van der Waals surface area contributed by atoms with Gasteiger partial charge in [0.2, 0.25) is 5.90 Å². The van der Waals surface area contributed by atoms with Crippen molar-refractivity contribution < 1.29 is 4.74 Å². The van der Waals surface area contributed by atoms with Crippen molar-refractivity contribution in [1.29, 1.82) is 21.5 Å². The summed E-state index contributed by atoms with van der Waals surface area (Å²) in [6.45, 7) is 0. The van der Waals surface area contributed by atoms with E-state index in [-0.39, 0.29) is 17.5 Å². The summed E-state index contributed by atoms with van der Waals surface area (Å²) < 4.78 is 5.21. The molecule has 1 aliphatic heterocycles. The number of rotatable bonds is 4. The van der Waals surface area contributed by atoms with E-state index in [0.29, 0.717) is 11.4 Å². The lowest BCUT2D eigenvalue weighted by molar-refractivity contribution is 0.373. The monoisotopic (exact) mass is 364 g/mol. The molecule has 0 amide bonds. The summed E-state index contributed by atoms with van der Waals surface area (Å²) in [5, 5.41) is 34.9. The minimum absolute atomic E-state index is 0.174. The Bertz CT molecular complexity index is 904. The number of ether oxygens (including phenoxy) is 1. The summed E-state index contributed by atoms with van der Waals surface area (Å²) in [7, 11) is 0. The Morgan fingerprint density at radius 2 is 1.81 bits per heavy atom. The number of hydrogen-bond acceptors (Lipinski definition) is 5. The summed E-state index contributed by atoms with van der Waals surface area (Å²) in [6, 6.07) is 18.7. The molecule has 3 atom stereocenters. The van der Waals surface area contributed by atoms with Crippen molar-refractivity contribution >= 4 is 29.1 Å². The van der Waals surface area contributed by atoms with E-state index >= 15 is 0 Å². The quantitative estimate of drug-likeness (QED) is 0.698. The van der Waals surface area contributed by atoms with Gasteiger partial charge in [0.1, 0.15) is 5.92 Å². The summed E-state index contributed by atoms with van der Waals surface area (Å²) >= 11 is 6.11. The topological polar surface area (TPSA) is 105 Å². The van der Waals surface area contributed by atoms with Gasteiger partial charge >= 0.3 is 0 Å². The van der Waals surface area contributed by atoms with Gasteiger partial charge in [-0.25, -0.2) is 0 Å². The van der Waals surface area contributed by atoms with Crippen LogP contribution >= 0.6 is 11.6 Å². The second kappa shape index (κ2) is 7.51. The summed E-state index contributed by atoms with van der Waals surface area (Å²) in [6.07, 6.45) is 0.347. The van der Waals surface area contributed by atoms with E-state index in [0.717, 1.165) is 11.1 Å². The standard InChI is InChI=1S/C20H17ClN4O/c21-14-8-4-7-13(10-14)17-15(11-22)19(24)26-20(25)18(17)16(23)9-12-5-2-1-3-6-12/h1-8,10,15,17-18,23-25H,9H2. The van der Waals surface area contributed by atoms with Gasteiger partial charge in [-0.15, -0.1) is 0 Å². The van der Waals surface area contributed by atoms with Gasteiger partial charge in [0.05, 0.1) is 12.0 Å². The molecule has 0 radical (unpaired) electrons. The van der Waals surface area contributed by atoms with Gasteiger partial charge in [-0.2, -0.15) is 5.26 Å². The van der Waals surface area contributed by atoms with Crippen LogP contribution in [0.1, 0.15) is 17.0 Å². The Morgan fingerprint density at radius 3 is 2.46 bits per heavy atom. The van der Waals surface area contributed by atoms with Crippen LogP contribution in [0.2, 0.25) is 5.02 Å². The first-order valence-electron chi connectivity index (χ1n) is 8.12. The largest absolute Gasteiger partial charge is 0.428 e. The van der Waals surface area contributed by atoms with Crippen molar-refractivity contribution in [2.75, 3.05) is 0 Å². The molecule has 6 heteroatoms. The molecule has 3 rings (SSSR count). The number of nitrogens with zero attached hydrogens (tertiary/aromatic N) is 1. The predicted octanol–water partition coefficient (Wildman–Crippen LogP) is 4.43. The molecule has 5 nitrogen and oxygen atoms in total. The van der Waals surface area contributed by atoms with Crippen molar-refractivity contribution in [2.24, 2.45) is 11.8 Å². The fourth-order valence-electron chi connectivity index (χ4n) is 3.30. The van der Waals surface area contributed by atoms with Crippen molar-refractivity contribution in [3.05, 3.63) is 70.7 Å². The van der Waals surface area contributed by atoms with Crippen LogP contribution in [0.15, 0.2) is 54.6 Å². The maximum Gasteiger partial charge on any atom is 0.207 e. The van der Waals surface area contributed by atoms with Crippen molar-refractivity contribution in [3.8, 4) is 6.07 Å². The zero-order valence-corrected chi connectivity index (χ0v) is 14.6. The van der Waals surface area contributed by atoms with Crippen LogP contribution in [0, 0.1) is 39.4 Å². The SMILES string of the molecule is N#CC1C(=N)OC(=N)C(C(=N)Cc2ccccc2)C1c1cccc(Cl)c1. The number of benzene rings is 2. The lowest BCUT2D eigenvalue weighted by Crippen LogP contribution is -2.44. The molecule has 2 aromatic carbocycles. The third kappa shape index (κ3) is 3.51. The molecule has 1 heterocycles. The number of hydrogen-bond donors (Lipinski definition) is 3. The first-order valence-corrected chi connectivity index (χ1v) is 8.50. The Kier molecular flexibility index (Phi) is 5.15. The first kappa shape index (κ1) is 17.8. The second-order valence-electron chi connectivity index (χ2n) is 6.18. The lowest BCUT2D eigenvalue weighted by Gasteiger charge is -2.36. The van der Waals surface area contributed by atoms with Crippen LogP contribution in [0.25, 0.3) is 0 Å². The molecule has 2 aromatic rings. The van der Waals surface area contributed by atoms with Crippen LogP contribution in [0.4, 0.5) is 0 Å².